The Balaban J connectivity index is 1.83. The van der Waals surface area contributed by atoms with Crippen LogP contribution in [0.2, 0.25) is 0 Å². The molecule has 1 atom stereocenters. The molecule has 0 radical (unpaired) electrons. The summed E-state index contributed by atoms with van der Waals surface area (Å²) in [5.41, 5.74) is 10.7. The van der Waals surface area contributed by atoms with Crippen LogP contribution < -0.4 is 10.5 Å². The van der Waals surface area contributed by atoms with E-state index in [0.29, 0.717) is 16.9 Å². The van der Waals surface area contributed by atoms with Crippen molar-refractivity contribution in [3.05, 3.63) is 89.3 Å². The van der Waals surface area contributed by atoms with Crippen molar-refractivity contribution < 1.29 is 14.6 Å². The van der Waals surface area contributed by atoms with Crippen molar-refractivity contribution in [1.29, 1.82) is 0 Å². The molecule has 5 nitrogen and oxygen atoms in total. The average molecular weight is 417 g/mol. The van der Waals surface area contributed by atoms with Gasteiger partial charge in [-0.2, -0.15) is 0 Å². The number of hydrogen-bond acceptors (Lipinski definition) is 5. The molecule has 0 aliphatic carbocycles. The van der Waals surface area contributed by atoms with Crippen molar-refractivity contribution in [2.24, 2.45) is 0 Å². The Kier molecular flexibility index (Phi) is 5.50. The maximum Gasteiger partial charge on any atom is 0.349 e. The van der Waals surface area contributed by atoms with Crippen LogP contribution in [0.4, 0.5) is 5.69 Å². The van der Waals surface area contributed by atoms with Gasteiger partial charge < -0.3 is 15.6 Å². The van der Waals surface area contributed by atoms with Gasteiger partial charge in [0.05, 0.1) is 5.69 Å². The Morgan fingerprint density at radius 2 is 1.80 bits per heavy atom. The molecule has 0 aliphatic rings. The number of benzene rings is 2. The highest BCUT2D eigenvalue weighted by molar-refractivity contribution is 7.13. The van der Waals surface area contributed by atoms with Gasteiger partial charge in [0.25, 0.3) is 0 Å². The van der Waals surface area contributed by atoms with E-state index in [1.165, 1.54) is 0 Å². The fraction of sp³-hybridized carbons (Fsp3) is 0.0833. The van der Waals surface area contributed by atoms with E-state index in [1.54, 1.807) is 35.6 Å². The third-order valence-corrected chi connectivity index (χ3v) is 5.62. The lowest BCUT2D eigenvalue weighted by Crippen LogP contribution is -2.19. The number of pyridine rings is 1. The third-order valence-electron chi connectivity index (χ3n) is 4.71. The molecule has 2 heterocycles. The van der Waals surface area contributed by atoms with Gasteiger partial charge in [-0.1, -0.05) is 66.2 Å². The van der Waals surface area contributed by atoms with Crippen LogP contribution in [0.3, 0.4) is 0 Å². The first-order valence-electron chi connectivity index (χ1n) is 9.39. The van der Waals surface area contributed by atoms with Crippen molar-refractivity contribution in [2.45, 2.75) is 13.0 Å². The van der Waals surface area contributed by atoms with E-state index in [4.69, 9.17) is 10.5 Å². The minimum Gasteiger partial charge on any atom is -0.478 e. The minimum absolute atomic E-state index is 0.104. The first kappa shape index (κ1) is 19.7. The van der Waals surface area contributed by atoms with Crippen LogP contribution in [-0.2, 0) is 4.79 Å². The van der Waals surface area contributed by atoms with Crippen LogP contribution >= 0.6 is 11.3 Å². The largest absolute Gasteiger partial charge is 0.478 e. The molecule has 4 aromatic rings. The monoisotopic (exact) mass is 416 g/mol. The molecule has 30 heavy (non-hydrogen) atoms. The molecule has 4 rings (SSSR count). The van der Waals surface area contributed by atoms with Crippen LogP contribution in [0.15, 0.2) is 78.2 Å². The maximum absolute atomic E-state index is 11.9. The zero-order chi connectivity index (χ0) is 21.1. The predicted molar refractivity (Wildman–Crippen MR) is 120 cm³/mol. The summed E-state index contributed by atoms with van der Waals surface area (Å²) in [7, 11) is 0. The van der Waals surface area contributed by atoms with E-state index in [2.05, 4.69) is 4.98 Å². The summed E-state index contributed by atoms with van der Waals surface area (Å²) in [5.74, 6) is -1.01. The second kappa shape index (κ2) is 8.39. The number of aryl methyl sites for hydroxylation is 1. The number of carboxylic acids is 1. The summed E-state index contributed by atoms with van der Waals surface area (Å²) in [4.78, 5) is 17.5. The highest BCUT2D eigenvalue weighted by Gasteiger charge is 2.25. The first-order valence-corrected chi connectivity index (χ1v) is 10.3. The van der Waals surface area contributed by atoms with Crippen LogP contribution in [0.25, 0.3) is 21.7 Å². The van der Waals surface area contributed by atoms with Crippen LogP contribution in [0, 0.1) is 6.92 Å². The number of rotatable bonds is 6. The maximum atomic E-state index is 11.9. The highest BCUT2D eigenvalue weighted by Crippen LogP contribution is 2.39. The molecule has 3 N–H and O–H groups in total. The quantitative estimate of drug-likeness (QED) is 0.429. The SMILES string of the molecule is Cc1ccc(-c2cc(-c3cccs3)c(N)c(OC(C(=O)O)c3ccccc3)n2)cc1. The number of aliphatic carboxylic acids is 1. The number of nitrogens with zero attached hydrogens (tertiary/aromatic N) is 1. The van der Waals surface area contributed by atoms with Crippen molar-refractivity contribution in [3.8, 4) is 27.6 Å². The number of aromatic nitrogens is 1. The van der Waals surface area contributed by atoms with Gasteiger partial charge in [-0.15, -0.1) is 11.3 Å². The van der Waals surface area contributed by atoms with Gasteiger partial charge in [0.2, 0.25) is 12.0 Å². The fourth-order valence-corrected chi connectivity index (χ4v) is 3.89. The lowest BCUT2D eigenvalue weighted by molar-refractivity contribution is -0.145. The normalized spacial score (nSPS) is 11.8. The topological polar surface area (TPSA) is 85.4 Å². The van der Waals surface area contributed by atoms with Crippen molar-refractivity contribution in [3.63, 3.8) is 0 Å². The summed E-state index contributed by atoms with van der Waals surface area (Å²) >= 11 is 1.55. The molecule has 0 bridgehead atoms. The van der Waals surface area contributed by atoms with E-state index in [1.807, 2.05) is 60.8 Å². The van der Waals surface area contributed by atoms with Crippen LogP contribution in [0.1, 0.15) is 17.2 Å². The Bertz CT molecular complexity index is 1160. The Morgan fingerprint density at radius 1 is 1.07 bits per heavy atom. The van der Waals surface area contributed by atoms with Gasteiger partial charge in [0.15, 0.2) is 0 Å². The van der Waals surface area contributed by atoms with Gasteiger partial charge in [-0.25, -0.2) is 9.78 Å². The van der Waals surface area contributed by atoms with E-state index < -0.39 is 12.1 Å². The van der Waals surface area contributed by atoms with Crippen molar-refractivity contribution in [2.75, 3.05) is 5.73 Å². The second-order valence-corrected chi connectivity index (χ2v) is 7.81. The number of nitrogen functional groups attached to an aromatic ring is 1. The molecule has 0 saturated heterocycles. The predicted octanol–water partition coefficient (Wildman–Crippen LogP) is 5.57. The second-order valence-electron chi connectivity index (χ2n) is 6.86. The van der Waals surface area contributed by atoms with Gasteiger partial charge in [-0.3, -0.25) is 0 Å². The number of anilines is 1. The molecule has 1 unspecified atom stereocenters. The number of thiophene rings is 1. The molecular formula is C24H20N2O3S. The smallest absolute Gasteiger partial charge is 0.349 e. The van der Waals surface area contributed by atoms with E-state index in [0.717, 1.165) is 21.6 Å². The summed E-state index contributed by atoms with van der Waals surface area (Å²) in [5, 5.41) is 11.7. The summed E-state index contributed by atoms with van der Waals surface area (Å²) in [6.45, 7) is 2.02. The molecule has 2 aromatic heterocycles. The number of ether oxygens (including phenoxy) is 1. The number of carbonyl (C=O) groups is 1. The Labute approximate surface area is 178 Å². The zero-order valence-corrected chi connectivity index (χ0v) is 17.1. The summed E-state index contributed by atoms with van der Waals surface area (Å²) in [6, 6.07) is 22.5. The fourth-order valence-electron chi connectivity index (χ4n) is 3.13. The zero-order valence-electron chi connectivity index (χ0n) is 16.3. The molecular weight excluding hydrogens is 396 g/mol. The van der Waals surface area contributed by atoms with Crippen LogP contribution in [0.5, 0.6) is 5.88 Å². The van der Waals surface area contributed by atoms with Crippen molar-refractivity contribution >= 4 is 23.0 Å². The first-order chi connectivity index (χ1) is 14.5. The molecule has 0 spiro atoms. The Hall–Kier alpha value is -3.64. The van der Waals surface area contributed by atoms with E-state index >= 15 is 0 Å². The highest BCUT2D eigenvalue weighted by atomic mass is 32.1. The molecule has 0 saturated carbocycles. The van der Waals surface area contributed by atoms with E-state index in [9.17, 15) is 9.90 Å². The van der Waals surface area contributed by atoms with Gasteiger partial charge >= 0.3 is 5.97 Å². The molecule has 0 aliphatic heterocycles. The van der Waals surface area contributed by atoms with Gasteiger partial charge in [0.1, 0.15) is 5.69 Å². The minimum atomic E-state index is -1.22. The lowest BCUT2D eigenvalue weighted by Gasteiger charge is -2.18. The number of nitrogens with two attached hydrogens (primary N) is 1. The summed E-state index contributed by atoms with van der Waals surface area (Å²) < 4.78 is 5.89. The third kappa shape index (κ3) is 4.04. The van der Waals surface area contributed by atoms with E-state index in [-0.39, 0.29) is 5.88 Å². The summed E-state index contributed by atoms with van der Waals surface area (Å²) in [6.07, 6.45) is -1.22. The van der Waals surface area contributed by atoms with Gasteiger partial charge in [-0.05, 0) is 24.4 Å². The average Bonchev–Trinajstić information content (AvgIpc) is 3.28. The molecule has 0 fully saturated rings. The Morgan fingerprint density at radius 3 is 2.43 bits per heavy atom. The van der Waals surface area contributed by atoms with Crippen molar-refractivity contribution in [1.82, 2.24) is 4.98 Å². The molecule has 6 heteroatoms. The van der Waals surface area contributed by atoms with Gasteiger partial charge in [0, 0.05) is 21.6 Å². The standard InChI is InChI=1S/C24H20N2O3S/c1-15-9-11-16(12-10-15)19-14-18(20-8-5-13-30-20)21(25)23(26-19)29-22(24(27)28)17-6-3-2-4-7-17/h2-14,22H,25H2,1H3,(H,27,28). The molecule has 0 amide bonds. The van der Waals surface area contributed by atoms with Crippen LogP contribution in [-0.4, -0.2) is 16.1 Å². The lowest BCUT2D eigenvalue weighted by atomic mass is 10.1. The number of carboxylic acid groups (broad SMARTS) is 1. The molecule has 150 valence electrons. The number of hydrogen-bond donors (Lipinski definition) is 2. The molecule has 2 aromatic carbocycles.